The lowest BCUT2D eigenvalue weighted by Crippen LogP contribution is -2.05. The summed E-state index contributed by atoms with van der Waals surface area (Å²) in [7, 11) is 0. The van der Waals surface area contributed by atoms with Gasteiger partial charge >= 0.3 is 0 Å². The Balaban J connectivity index is -0.0000000461. The summed E-state index contributed by atoms with van der Waals surface area (Å²) in [5.74, 6) is 6.03. The minimum Gasteiger partial charge on any atom is -0.508 e. The number of carbonyl (C=O) groups is 4. The number of imidazole rings is 1. The minimum absolute atomic E-state index is 0. The molecule has 0 aliphatic heterocycles. The van der Waals surface area contributed by atoms with Gasteiger partial charge in [-0.05, 0) is 164 Å². The minimum atomic E-state index is -0.167. The molecule has 3 aromatic carbocycles. The molecular formula is C96H201N5O6S. The maximum Gasteiger partial charge on any atom is 0.129 e. The summed E-state index contributed by atoms with van der Waals surface area (Å²) >= 11 is 1.90. The molecule has 108 heavy (non-hydrogen) atoms. The zero-order valence-corrected chi connectivity index (χ0v) is 75.0. The van der Waals surface area contributed by atoms with Gasteiger partial charge in [-0.1, -0.05) is 350 Å². The van der Waals surface area contributed by atoms with Crippen molar-refractivity contribution in [1.82, 2.24) is 15.0 Å². The monoisotopic (exact) mass is 1550 g/mol. The highest BCUT2D eigenvalue weighted by molar-refractivity contribution is 7.98. The molecular weight excluding hydrogens is 1350 g/mol. The molecule has 652 valence electrons. The first-order valence-electron chi connectivity index (χ1n) is 39.9. The molecule has 2 aromatic heterocycles. The third kappa shape index (κ3) is 195. The van der Waals surface area contributed by atoms with Crippen LogP contribution in [0.25, 0.3) is 10.9 Å². The van der Waals surface area contributed by atoms with Crippen LogP contribution in [-0.4, -0.2) is 78.8 Å². The van der Waals surface area contributed by atoms with E-state index in [1.165, 1.54) is 103 Å². The average Bonchev–Trinajstić information content (AvgIpc) is 1.70. The van der Waals surface area contributed by atoms with Crippen LogP contribution in [0.5, 0.6) is 5.75 Å². The smallest absolute Gasteiger partial charge is 0.129 e. The number of phenolic OH excluding ortho intramolecular Hbond substituents is 1. The van der Waals surface area contributed by atoms with Crippen molar-refractivity contribution in [2.24, 2.45) is 28.5 Å². The molecule has 0 saturated carbocycles. The summed E-state index contributed by atoms with van der Waals surface area (Å²) in [6.07, 6.45) is 30.9. The summed E-state index contributed by atoms with van der Waals surface area (Å²) in [5, 5.41) is 18.3. The molecule has 0 amide bonds. The highest BCUT2D eigenvalue weighted by Gasteiger charge is 1.98. The maximum absolute atomic E-state index is 10.0. The van der Waals surface area contributed by atoms with Gasteiger partial charge in [0, 0.05) is 67.3 Å². The van der Waals surface area contributed by atoms with Gasteiger partial charge in [-0.2, -0.15) is 11.8 Å². The molecule has 0 saturated heterocycles. The van der Waals surface area contributed by atoms with Crippen LogP contribution in [-0.2, 0) is 44.9 Å². The van der Waals surface area contributed by atoms with Crippen LogP contribution in [0.1, 0.15) is 412 Å². The standard InChI is InChI=1S/C10H11N.C8H10O.C8H10.C6H14N2.C6H14.C5H8N2.2C5H10O.2C5H12.2C4H8O.C4H10S.C4H10.C3H8O.2C3H8.C2H6.6CH4/c1-2-8-7-11-10-6-4-3-5-9(8)10;1-2-7-3-5-8(9)6-4-7;1-2-8-6-4-3-5-7-8;1-3-4-5-8-6(2)7;1-3-5-6-4-2;1-2-5-3-6-4-7-5;2*1-3-4-5(2)6;2*1-4-5(2)3;2*1-3-4(2)5;1-3-4-5-2;1-4(2)3;1-3(2)4;2*1-3-2;1-2;;;;;;/h3-7,11H,2H2,1H3;3-6,9H,2H2,1H3;3-7H,2H2,1H3;3-5H2,1-2H3,(H2,7,8);3-6H2,1-2H3;3-4H,2H2,1H3,(H,6,7);2*3-4H2,1-2H3;2*5H,4H2,1-3H3;2*3H2,1-2H3;3-4H2,1-2H3;4H,1-3H3;3-4H,1-2H3;2*3H2,1-2H3;1-2H3;6*1H4. The number of rotatable bonds is 20. The highest BCUT2D eigenvalue weighted by atomic mass is 32.2. The average molecular weight is 1550 g/mol. The summed E-state index contributed by atoms with van der Waals surface area (Å²) in [6.45, 7) is 69.8. The number of carbonyl (C=O) groups excluding carboxylic acids is 4. The number of nitrogens with one attached hydrogen (secondary N) is 2. The molecule has 0 aliphatic rings. The van der Waals surface area contributed by atoms with E-state index >= 15 is 0 Å². The summed E-state index contributed by atoms with van der Waals surface area (Å²) in [6, 6.07) is 26.1. The fourth-order valence-electron chi connectivity index (χ4n) is 5.17. The third-order valence-electron chi connectivity index (χ3n) is 11.7. The number of aromatic amines is 2. The molecule has 5 aromatic rings. The quantitative estimate of drug-likeness (QED) is 0.0287. The second kappa shape index (κ2) is 137. The van der Waals surface area contributed by atoms with Gasteiger partial charge < -0.3 is 45.1 Å². The number of aliphatic hydroxyl groups is 1. The van der Waals surface area contributed by atoms with Crippen LogP contribution in [0.15, 0.2) is 103 Å². The van der Waals surface area contributed by atoms with E-state index in [1.807, 2.05) is 84.6 Å². The number of fused-ring (bicyclic) bond motifs is 1. The topological polar surface area (TPSA) is 192 Å². The first kappa shape index (κ1) is 152. The largest absolute Gasteiger partial charge is 0.508 e. The Bertz CT molecular complexity index is 2210. The van der Waals surface area contributed by atoms with Crippen LogP contribution in [0, 0.1) is 17.8 Å². The second-order valence-electron chi connectivity index (χ2n) is 25.4. The fraction of sp³-hybridized carbons (Fsp3) is 0.708. The molecule has 2 heterocycles. The Morgan fingerprint density at radius 1 is 0.481 bits per heavy atom. The normalized spacial score (nSPS) is 8.50. The van der Waals surface area contributed by atoms with Crippen LogP contribution >= 0.6 is 11.8 Å². The molecule has 0 atom stereocenters. The van der Waals surface area contributed by atoms with Crippen LogP contribution in [0.4, 0.5) is 0 Å². The lowest BCUT2D eigenvalue weighted by molar-refractivity contribution is -0.117. The number of aromatic nitrogens is 3. The van der Waals surface area contributed by atoms with E-state index in [1.54, 1.807) is 60.0 Å². The molecule has 0 radical (unpaired) electrons. The number of H-pyrrole nitrogens is 2. The number of thioether (sulfide) groups is 1. The van der Waals surface area contributed by atoms with Crippen molar-refractivity contribution >= 4 is 51.6 Å². The van der Waals surface area contributed by atoms with Crippen molar-refractivity contribution in [2.75, 3.05) is 18.6 Å². The van der Waals surface area contributed by atoms with E-state index in [0.29, 0.717) is 24.4 Å². The van der Waals surface area contributed by atoms with Gasteiger partial charge in [-0.15, -0.1) is 0 Å². The fourth-order valence-corrected chi connectivity index (χ4v) is 5.58. The number of amidine groups is 1. The predicted octanol–water partition coefficient (Wildman–Crippen LogP) is 32.0. The van der Waals surface area contributed by atoms with Crippen molar-refractivity contribution < 1.29 is 29.4 Å². The number of aromatic hydroxyl groups is 1. The Labute approximate surface area is 685 Å². The number of nitrogens with zero attached hydrogens (tertiary/aromatic N) is 2. The Morgan fingerprint density at radius 2 is 0.815 bits per heavy atom. The second-order valence-corrected chi connectivity index (χ2v) is 26.4. The van der Waals surface area contributed by atoms with Crippen molar-refractivity contribution in [1.29, 1.82) is 0 Å². The van der Waals surface area contributed by atoms with Crippen LogP contribution in [0.2, 0.25) is 0 Å². The molecule has 0 spiro atoms. The van der Waals surface area contributed by atoms with Gasteiger partial charge in [-0.3, -0.25) is 4.99 Å². The van der Waals surface area contributed by atoms with Gasteiger partial charge in [0.1, 0.15) is 28.9 Å². The van der Waals surface area contributed by atoms with E-state index in [2.05, 4.69) is 226 Å². The zero-order valence-electron chi connectivity index (χ0n) is 74.2. The van der Waals surface area contributed by atoms with Crippen LogP contribution < -0.4 is 5.73 Å². The summed E-state index contributed by atoms with van der Waals surface area (Å²) in [4.78, 5) is 53.8. The number of aliphatic imine (C=N–C) groups is 1. The molecule has 0 aliphatic carbocycles. The number of nitrogens with two attached hydrogens (primary N) is 1. The Hall–Kier alpha value is -5.33. The lowest BCUT2D eigenvalue weighted by Gasteiger charge is -1.93. The van der Waals surface area contributed by atoms with Gasteiger partial charge in [-0.25, -0.2) is 4.98 Å². The first-order valence-corrected chi connectivity index (χ1v) is 41.3. The number of benzene rings is 3. The first-order chi connectivity index (χ1) is 48.1. The number of hydrogen-bond donors (Lipinski definition) is 5. The van der Waals surface area contributed by atoms with E-state index in [0.717, 1.165) is 82.1 Å². The number of aryl methyl sites for hydroxylation is 4. The van der Waals surface area contributed by atoms with Gasteiger partial charge in [0.2, 0.25) is 0 Å². The Kier molecular flexibility index (Phi) is 193. The molecule has 0 fully saturated rings. The third-order valence-corrected chi connectivity index (χ3v) is 12.5. The van der Waals surface area contributed by atoms with Crippen LogP contribution in [0.3, 0.4) is 0 Å². The van der Waals surface area contributed by atoms with Gasteiger partial charge in [0.25, 0.3) is 0 Å². The molecule has 6 N–H and O–H groups in total. The summed E-state index contributed by atoms with van der Waals surface area (Å²) < 4.78 is 0. The van der Waals surface area contributed by atoms with Gasteiger partial charge in [0.05, 0.1) is 12.2 Å². The number of aliphatic hydroxyl groups excluding tert-OH is 1. The highest BCUT2D eigenvalue weighted by Crippen LogP contribution is 2.17. The van der Waals surface area contributed by atoms with Crippen molar-refractivity contribution in [3.05, 3.63) is 120 Å². The van der Waals surface area contributed by atoms with E-state index in [-0.39, 0.29) is 73.8 Å². The van der Waals surface area contributed by atoms with Crippen molar-refractivity contribution in [2.45, 2.75) is 421 Å². The molecule has 5 rings (SSSR count). The molecule has 11 nitrogen and oxygen atoms in total. The van der Waals surface area contributed by atoms with E-state index < -0.39 is 0 Å². The lowest BCUT2D eigenvalue weighted by atomic mass is 10.1. The number of Topliss-reactive ketones (excluding diaryl/α,β-unsaturated/α-hetero) is 4. The number of phenols is 1. The number of ketones is 4. The number of unbranched alkanes of at least 4 members (excludes halogenated alkanes) is 4. The summed E-state index contributed by atoms with van der Waals surface area (Å²) in [5.41, 5.74) is 11.8. The molecule has 12 heteroatoms. The number of para-hydroxylation sites is 1. The van der Waals surface area contributed by atoms with Gasteiger partial charge in [0.15, 0.2) is 0 Å². The number of hydrogen-bond acceptors (Lipinski definition) is 9. The molecule has 0 unspecified atom stereocenters. The SMILES string of the molecule is C.C.C.C.C.C.CC.CC(C)C.CC(C)O.CCC.CCC.CCC(C)=O.CCC(C)=O.CCC(C)C.CCC(C)C.CCCC(C)=O.CCCC(C)=O.CCCCCC.CCCCN=C(C)N.CCCSC.CCc1c[nH]c2ccccc12.CCc1ccc(O)cc1.CCc1ccccc1.CCc1cnc[nH]1. The van der Waals surface area contributed by atoms with E-state index in [9.17, 15) is 19.2 Å². The Morgan fingerprint density at radius 3 is 1.02 bits per heavy atom. The predicted molar refractivity (Wildman–Crippen MR) is 509 cm³/mol. The zero-order chi connectivity index (χ0) is 82.4. The van der Waals surface area contributed by atoms with Crippen molar-refractivity contribution in [3.63, 3.8) is 0 Å². The maximum atomic E-state index is 10.0. The molecule has 0 bridgehead atoms. The van der Waals surface area contributed by atoms with E-state index in [4.69, 9.17) is 15.9 Å². The van der Waals surface area contributed by atoms with Crippen molar-refractivity contribution in [3.8, 4) is 5.75 Å².